The lowest BCUT2D eigenvalue weighted by Gasteiger charge is -2.27. The number of carboxylic acids is 1. The van der Waals surface area contributed by atoms with Gasteiger partial charge < -0.3 is 47.2 Å². The molecule has 14 heteroatoms. The number of aromatic nitrogens is 2. The van der Waals surface area contributed by atoms with E-state index in [1.807, 2.05) is 60.7 Å². The third-order valence-electron chi connectivity index (χ3n) is 11.0. The van der Waals surface area contributed by atoms with Crippen LogP contribution in [-0.4, -0.2) is 80.0 Å². The zero-order chi connectivity index (χ0) is 44.3. The largest absolute Gasteiger partial charge is 0.508 e. The lowest BCUT2D eigenvalue weighted by Crippen LogP contribution is -2.59. The summed E-state index contributed by atoms with van der Waals surface area (Å²) in [5.41, 5.74) is 11.6. The van der Waals surface area contributed by atoms with E-state index >= 15 is 0 Å². The summed E-state index contributed by atoms with van der Waals surface area (Å²) in [7, 11) is 0. The fourth-order valence-electron chi connectivity index (χ4n) is 7.64. The molecule has 7 aromatic rings. The Hall–Kier alpha value is -7.71. The molecule has 322 valence electrons. The van der Waals surface area contributed by atoms with Gasteiger partial charge in [-0.2, -0.15) is 0 Å². The molecule has 0 aliphatic rings. The second-order valence-corrected chi connectivity index (χ2v) is 15.6. The Bertz CT molecular complexity index is 2680. The average Bonchev–Trinajstić information content (AvgIpc) is 3.90. The molecule has 14 nitrogen and oxygen atoms in total. The highest BCUT2D eigenvalue weighted by atomic mass is 16.4. The van der Waals surface area contributed by atoms with E-state index in [0.717, 1.165) is 27.4 Å². The summed E-state index contributed by atoms with van der Waals surface area (Å²) in [4.78, 5) is 76.0. The molecule has 5 aromatic carbocycles. The number of para-hydroxylation sites is 2. The maximum atomic E-state index is 14.7. The van der Waals surface area contributed by atoms with E-state index in [-0.39, 0.29) is 37.9 Å². The van der Waals surface area contributed by atoms with Gasteiger partial charge in [0.2, 0.25) is 23.6 Å². The Balaban J connectivity index is 1.18. The molecular formula is C49H49N7O7. The van der Waals surface area contributed by atoms with Crippen molar-refractivity contribution < 1.29 is 34.2 Å². The van der Waals surface area contributed by atoms with Crippen molar-refractivity contribution in [3.8, 4) is 5.75 Å². The van der Waals surface area contributed by atoms with Gasteiger partial charge in [0.15, 0.2) is 0 Å². The molecule has 0 fully saturated rings. The van der Waals surface area contributed by atoms with Crippen LogP contribution in [0.1, 0.15) is 27.8 Å². The molecule has 0 aliphatic carbocycles. The van der Waals surface area contributed by atoms with E-state index in [2.05, 4.69) is 31.2 Å². The summed E-state index contributed by atoms with van der Waals surface area (Å²) in [6.07, 6.45) is 3.68. The number of fused-ring (bicyclic) bond motifs is 2. The predicted octanol–water partition coefficient (Wildman–Crippen LogP) is 4.22. The summed E-state index contributed by atoms with van der Waals surface area (Å²) in [6.45, 7) is 0. The van der Waals surface area contributed by atoms with Gasteiger partial charge in [-0.25, -0.2) is 4.79 Å². The Morgan fingerprint density at radius 1 is 0.460 bits per heavy atom. The standard InChI is InChI=1S/C49H49N7O7/c50-38(23-32-19-21-35(57)22-20-32)45(58)53-42(26-33-28-51-39-17-9-7-15-36(33)39)47(60)55-43(27-34-29-52-40-18-10-8-16-37(34)40)48(61)54-41(24-30-11-3-1-4-12-30)46(59)56-44(49(62)63)25-31-13-5-2-6-14-31/h1-22,28-29,38,41-44,51-52,57H,23-27,50H2,(H,53,58)(H,54,61)(H,55,60)(H,56,59)(H,62,63)/t38-,41-,42+,43+,44-/m0/s1. The first-order valence-corrected chi connectivity index (χ1v) is 20.7. The number of amides is 4. The fraction of sp³-hybridized carbons (Fsp3) is 0.204. The summed E-state index contributed by atoms with van der Waals surface area (Å²) in [5, 5.41) is 32.7. The number of phenolic OH excluding ortho intramolecular Hbond substituents is 1. The summed E-state index contributed by atoms with van der Waals surface area (Å²) in [6, 6.07) is 33.1. The zero-order valence-corrected chi connectivity index (χ0v) is 34.3. The molecule has 0 saturated carbocycles. The van der Waals surface area contributed by atoms with Crippen molar-refractivity contribution >= 4 is 51.4 Å². The first-order chi connectivity index (χ1) is 30.5. The second-order valence-electron chi connectivity index (χ2n) is 15.6. The minimum absolute atomic E-state index is 0.00922. The predicted molar refractivity (Wildman–Crippen MR) is 239 cm³/mol. The highest BCUT2D eigenvalue weighted by molar-refractivity contribution is 5.97. The Morgan fingerprint density at radius 2 is 0.841 bits per heavy atom. The number of aliphatic carboxylic acids is 1. The van der Waals surface area contributed by atoms with Crippen LogP contribution < -0.4 is 27.0 Å². The van der Waals surface area contributed by atoms with Crippen molar-refractivity contribution in [2.45, 2.75) is 62.3 Å². The molecule has 0 aliphatic heterocycles. The molecule has 5 atom stereocenters. The number of H-pyrrole nitrogens is 2. The van der Waals surface area contributed by atoms with Crippen LogP contribution in [0.15, 0.2) is 146 Å². The quantitative estimate of drug-likeness (QED) is 0.0571. The smallest absolute Gasteiger partial charge is 0.326 e. The molecule has 2 aromatic heterocycles. The summed E-state index contributed by atoms with van der Waals surface area (Å²) >= 11 is 0. The number of aromatic amines is 2. The van der Waals surface area contributed by atoms with E-state index in [9.17, 15) is 34.2 Å². The van der Waals surface area contributed by atoms with Crippen LogP contribution >= 0.6 is 0 Å². The van der Waals surface area contributed by atoms with E-state index in [1.54, 1.807) is 73.1 Å². The number of nitrogens with one attached hydrogen (secondary N) is 6. The van der Waals surface area contributed by atoms with Gasteiger partial charge in [0.1, 0.15) is 29.9 Å². The third-order valence-corrected chi connectivity index (χ3v) is 11.0. The first-order valence-electron chi connectivity index (χ1n) is 20.7. The topological polar surface area (TPSA) is 232 Å². The zero-order valence-electron chi connectivity index (χ0n) is 34.3. The highest BCUT2D eigenvalue weighted by Gasteiger charge is 2.33. The molecule has 0 bridgehead atoms. The fourth-order valence-corrected chi connectivity index (χ4v) is 7.64. The SMILES string of the molecule is N[C@@H](Cc1ccc(O)cc1)C(=O)N[C@H](Cc1c[nH]c2ccccc12)C(=O)N[C@H](Cc1c[nH]c2ccccc12)C(=O)N[C@@H](Cc1ccccc1)C(=O)N[C@@H](Cc1ccccc1)C(=O)O. The number of carbonyl (C=O) groups excluding carboxylic acids is 4. The maximum absolute atomic E-state index is 14.7. The number of carbonyl (C=O) groups is 5. The van der Waals surface area contributed by atoms with Gasteiger partial charge in [0, 0.05) is 59.9 Å². The Labute approximate surface area is 363 Å². The molecule has 63 heavy (non-hydrogen) atoms. The van der Waals surface area contributed by atoms with E-state index in [0.29, 0.717) is 22.3 Å². The first kappa shape index (κ1) is 43.4. The molecule has 2 heterocycles. The maximum Gasteiger partial charge on any atom is 0.326 e. The average molecular weight is 848 g/mol. The number of carboxylic acid groups (broad SMARTS) is 1. The number of phenols is 1. The highest BCUT2D eigenvalue weighted by Crippen LogP contribution is 2.22. The van der Waals surface area contributed by atoms with E-state index < -0.39 is 59.8 Å². The van der Waals surface area contributed by atoms with Crippen LogP contribution in [0.2, 0.25) is 0 Å². The lowest BCUT2D eigenvalue weighted by atomic mass is 9.99. The molecule has 10 N–H and O–H groups in total. The van der Waals surface area contributed by atoms with Gasteiger partial charge in [0.25, 0.3) is 0 Å². The molecule has 4 amide bonds. The van der Waals surface area contributed by atoms with Gasteiger partial charge in [-0.05, 0) is 58.5 Å². The molecule has 0 saturated heterocycles. The van der Waals surface area contributed by atoms with Crippen molar-refractivity contribution in [2.24, 2.45) is 5.73 Å². The van der Waals surface area contributed by atoms with Gasteiger partial charge in [-0.1, -0.05) is 109 Å². The van der Waals surface area contributed by atoms with Crippen molar-refractivity contribution in [2.75, 3.05) is 0 Å². The number of nitrogens with two attached hydrogens (primary N) is 1. The Kier molecular flexibility index (Phi) is 13.9. The van der Waals surface area contributed by atoms with Crippen LogP contribution in [0.4, 0.5) is 0 Å². The van der Waals surface area contributed by atoms with Gasteiger partial charge in [-0.15, -0.1) is 0 Å². The molecular weight excluding hydrogens is 799 g/mol. The minimum atomic E-state index is -1.30. The number of hydrogen-bond donors (Lipinski definition) is 9. The third kappa shape index (κ3) is 11.4. The number of rotatable bonds is 19. The number of benzene rings is 5. The molecule has 0 spiro atoms. The molecule has 7 rings (SSSR count). The Morgan fingerprint density at radius 3 is 1.32 bits per heavy atom. The van der Waals surface area contributed by atoms with Crippen molar-refractivity contribution in [3.63, 3.8) is 0 Å². The van der Waals surface area contributed by atoms with Crippen molar-refractivity contribution in [1.29, 1.82) is 0 Å². The lowest BCUT2D eigenvalue weighted by molar-refractivity contribution is -0.142. The monoisotopic (exact) mass is 847 g/mol. The summed E-state index contributed by atoms with van der Waals surface area (Å²) < 4.78 is 0. The van der Waals surface area contributed by atoms with Crippen LogP contribution in [0, 0.1) is 0 Å². The van der Waals surface area contributed by atoms with Crippen LogP contribution in [0.5, 0.6) is 5.75 Å². The summed E-state index contributed by atoms with van der Waals surface area (Å²) in [5.74, 6) is -3.89. The number of hydrogen-bond acceptors (Lipinski definition) is 7. The molecule has 0 unspecified atom stereocenters. The van der Waals surface area contributed by atoms with E-state index in [4.69, 9.17) is 5.73 Å². The van der Waals surface area contributed by atoms with Crippen LogP contribution in [0.3, 0.4) is 0 Å². The van der Waals surface area contributed by atoms with Gasteiger partial charge in [0.05, 0.1) is 6.04 Å². The van der Waals surface area contributed by atoms with Crippen LogP contribution in [0.25, 0.3) is 21.8 Å². The minimum Gasteiger partial charge on any atom is -0.508 e. The molecule has 0 radical (unpaired) electrons. The van der Waals surface area contributed by atoms with E-state index in [1.165, 1.54) is 12.1 Å². The normalized spacial score (nSPS) is 13.6. The van der Waals surface area contributed by atoms with Crippen molar-refractivity contribution in [1.82, 2.24) is 31.2 Å². The van der Waals surface area contributed by atoms with Crippen molar-refractivity contribution in [3.05, 3.63) is 174 Å². The van der Waals surface area contributed by atoms with Gasteiger partial charge >= 0.3 is 5.97 Å². The van der Waals surface area contributed by atoms with Crippen LogP contribution in [-0.2, 0) is 56.1 Å². The van der Waals surface area contributed by atoms with Gasteiger partial charge in [-0.3, -0.25) is 19.2 Å². The number of aromatic hydroxyl groups is 1. The second kappa shape index (κ2) is 20.2.